The molecule has 0 aliphatic heterocycles. The Morgan fingerprint density at radius 3 is 2.74 bits per heavy atom. The second-order valence-electron chi connectivity index (χ2n) is 6.32. The van der Waals surface area contributed by atoms with Gasteiger partial charge in [0.05, 0.1) is 24.2 Å². The van der Waals surface area contributed by atoms with Crippen LogP contribution >= 0.6 is 0 Å². The van der Waals surface area contributed by atoms with Gasteiger partial charge in [-0.1, -0.05) is 20.8 Å². The fraction of sp³-hybridized carbons (Fsp3) is 0.688. The second kappa shape index (κ2) is 6.27. The van der Waals surface area contributed by atoms with Gasteiger partial charge >= 0.3 is 0 Å². The summed E-state index contributed by atoms with van der Waals surface area (Å²) in [6, 6.07) is 2.06. The summed E-state index contributed by atoms with van der Waals surface area (Å²) in [5.74, 6) is 0.894. The van der Waals surface area contributed by atoms with Crippen molar-refractivity contribution in [1.29, 1.82) is 0 Å². The lowest BCUT2D eigenvalue weighted by Gasteiger charge is -2.34. The zero-order chi connectivity index (χ0) is 13.7. The molecule has 3 heteroatoms. The van der Waals surface area contributed by atoms with E-state index in [1.165, 1.54) is 12.8 Å². The molecule has 106 valence electrons. The van der Waals surface area contributed by atoms with E-state index in [9.17, 15) is 0 Å². The molecule has 1 aliphatic rings. The van der Waals surface area contributed by atoms with Crippen molar-refractivity contribution in [2.24, 2.45) is 5.41 Å². The molecule has 0 radical (unpaired) electrons. The van der Waals surface area contributed by atoms with E-state index in [0.717, 1.165) is 37.2 Å². The van der Waals surface area contributed by atoms with Gasteiger partial charge in [0.1, 0.15) is 5.75 Å². The number of rotatable bonds is 5. The van der Waals surface area contributed by atoms with Crippen LogP contribution in [-0.4, -0.2) is 17.6 Å². The number of pyridine rings is 1. The maximum absolute atomic E-state index is 6.07. The Morgan fingerprint density at radius 1 is 1.32 bits per heavy atom. The van der Waals surface area contributed by atoms with Crippen molar-refractivity contribution in [1.82, 2.24) is 4.98 Å². The van der Waals surface area contributed by atoms with Gasteiger partial charge in [0, 0.05) is 12.6 Å². The summed E-state index contributed by atoms with van der Waals surface area (Å²) in [5.41, 5.74) is 1.54. The number of hydrogen-bond acceptors (Lipinski definition) is 3. The number of anilines is 1. The highest BCUT2D eigenvalue weighted by Gasteiger charge is 2.27. The van der Waals surface area contributed by atoms with Crippen LogP contribution in [0.2, 0.25) is 0 Å². The lowest BCUT2D eigenvalue weighted by atomic mass is 9.76. The van der Waals surface area contributed by atoms with E-state index in [1.54, 1.807) is 0 Å². The molecular formula is C16H26N2O. The van der Waals surface area contributed by atoms with Crippen molar-refractivity contribution >= 4 is 5.69 Å². The molecular weight excluding hydrogens is 236 g/mol. The highest BCUT2D eigenvalue weighted by Crippen LogP contribution is 2.36. The molecule has 0 aromatic carbocycles. The predicted octanol–water partition coefficient (Wildman–Crippen LogP) is 4.25. The standard InChI is InChI=1S/C16H26N2O/c1-4-9-18-13-10-15(12-17-11-13)19-14-5-7-16(2,3)8-6-14/h10-12,14,18H,4-9H2,1-3H3. The quantitative estimate of drug-likeness (QED) is 0.861. The molecule has 0 atom stereocenters. The Hall–Kier alpha value is -1.25. The van der Waals surface area contributed by atoms with Crippen molar-refractivity contribution in [3.05, 3.63) is 18.5 Å². The van der Waals surface area contributed by atoms with E-state index in [2.05, 4.69) is 37.1 Å². The van der Waals surface area contributed by atoms with Crippen LogP contribution in [0.15, 0.2) is 18.5 Å². The molecule has 1 aromatic heterocycles. The van der Waals surface area contributed by atoms with Crippen LogP contribution in [-0.2, 0) is 0 Å². The van der Waals surface area contributed by atoms with Gasteiger partial charge in [-0.2, -0.15) is 0 Å². The zero-order valence-corrected chi connectivity index (χ0v) is 12.4. The van der Waals surface area contributed by atoms with Gasteiger partial charge in [0.2, 0.25) is 0 Å². The van der Waals surface area contributed by atoms with Crippen LogP contribution in [0.3, 0.4) is 0 Å². The first-order valence-electron chi connectivity index (χ1n) is 7.45. The molecule has 1 fully saturated rings. The Labute approximate surface area is 116 Å². The molecule has 0 spiro atoms. The van der Waals surface area contributed by atoms with Crippen LogP contribution in [0, 0.1) is 5.41 Å². The van der Waals surface area contributed by atoms with E-state index >= 15 is 0 Å². The van der Waals surface area contributed by atoms with E-state index in [4.69, 9.17) is 4.74 Å². The minimum atomic E-state index is 0.358. The van der Waals surface area contributed by atoms with Gasteiger partial charge in [-0.15, -0.1) is 0 Å². The van der Waals surface area contributed by atoms with Crippen molar-refractivity contribution in [2.75, 3.05) is 11.9 Å². The van der Waals surface area contributed by atoms with Crippen LogP contribution in [0.5, 0.6) is 5.75 Å². The molecule has 0 bridgehead atoms. The molecule has 0 saturated heterocycles. The van der Waals surface area contributed by atoms with Gasteiger partial charge in [0.25, 0.3) is 0 Å². The highest BCUT2D eigenvalue weighted by molar-refractivity contribution is 5.45. The average Bonchev–Trinajstić information content (AvgIpc) is 2.39. The SMILES string of the molecule is CCCNc1cncc(OC2CCC(C)(C)CC2)c1. The molecule has 3 nitrogen and oxygen atoms in total. The van der Waals surface area contributed by atoms with Crippen molar-refractivity contribution in [3.8, 4) is 5.75 Å². The summed E-state index contributed by atoms with van der Waals surface area (Å²) in [6.45, 7) is 7.83. The molecule has 0 amide bonds. The Balaban J connectivity index is 1.89. The number of aromatic nitrogens is 1. The molecule has 2 rings (SSSR count). The Morgan fingerprint density at radius 2 is 2.05 bits per heavy atom. The lowest BCUT2D eigenvalue weighted by molar-refractivity contribution is 0.0985. The fourth-order valence-electron chi connectivity index (χ4n) is 2.53. The third-order valence-corrected chi connectivity index (χ3v) is 3.88. The average molecular weight is 262 g/mol. The van der Waals surface area contributed by atoms with Crippen molar-refractivity contribution in [3.63, 3.8) is 0 Å². The molecule has 1 N–H and O–H groups in total. The van der Waals surface area contributed by atoms with Crippen LogP contribution in [0.1, 0.15) is 52.9 Å². The van der Waals surface area contributed by atoms with Gasteiger partial charge < -0.3 is 10.1 Å². The summed E-state index contributed by atoms with van der Waals surface area (Å²) in [7, 11) is 0. The van der Waals surface area contributed by atoms with E-state index in [0.29, 0.717) is 11.5 Å². The first-order chi connectivity index (χ1) is 9.09. The summed E-state index contributed by atoms with van der Waals surface area (Å²) < 4.78 is 6.07. The van der Waals surface area contributed by atoms with Gasteiger partial charge in [-0.25, -0.2) is 0 Å². The molecule has 0 unspecified atom stereocenters. The molecule has 1 saturated carbocycles. The zero-order valence-electron chi connectivity index (χ0n) is 12.4. The molecule has 1 aliphatic carbocycles. The minimum absolute atomic E-state index is 0.358. The van der Waals surface area contributed by atoms with Crippen LogP contribution < -0.4 is 10.1 Å². The van der Waals surface area contributed by atoms with Gasteiger partial charge in [-0.3, -0.25) is 4.98 Å². The summed E-state index contributed by atoms with van der Waals surface area (Å²) in [5, 5.41) is 3.34. The topological polar surface area (TPSA) is 34.2 Å². The Bertz CT molecular complexity index is 393. The minimum Gasteiger partial charge on any atom is -0.489 e. The number of hydrogen-bond donors (Lipinski definition) is 1. The predicted molar refractivity (Wildman–Crippen MR) is 79.7 cm³/mol. The van der Waals surface area contributed by atoms with E-state index in [-0.39, 0.29) is 0 Å². The summed E-state index contributed by atoms with van der Waals surface area (Å²) in [6.07, 6.45) is 9.94. The summed E-state index contributed by atoms with van der Waals surface area (Å²) in [4.78, 5) is 4.24. The fourth-order valence-corrected chi connectivity index (χ4v) is 2.53. The number of ether oxygens (including phenoxy) is 1. The largest absolute Gasteiger partial charge is 0.489 e. The number of nitrogens with zero attached hydrogens (tertiary/aromatic N) is 1. The molecule has 19 heavy (non-hydrogen) atoms. The highest BCUT2D eigenvalue weighted by atomic mass is 16.5. The van der Waals surface area contributed by atoms with Gasteiger partial charge in [0.15, 0.2) is 0 Å². The van der Waals surface area contributed by atoms with Crippen LogP contribution in [0.25, 0.3) is 0 Å². The van der Waals surface area contributed by atoms with Gasteiger partial charge in [-0.05, 0) is 37.5 Å². The molecule has 1 aromatic rings. The maximum atomic E-state index is 6.07. The second-order valence-corrected chi connectivity index (χ2v) is 6.32. The van der Waals surface area contributed by atoms with Crippen molar-refractivity contribution < 1.29 is 4.74 Å². The first-order valence-corrected chi connectivity index (χ1v) is 7.45. The lowest BCUT2D eigenvalue weighted by Crippen LogP contribution is -2.28. The van der Waals surface area contributed by atoms with E-state index < -0.39 is 0 Å². The third-order valence-electron chi connectivity index (χ3n) is 3.88. The monoisotopic (exact) mass is 262 g/mol. The first kappa shape index (κ1) is 14.2. The normalized spacial score (nSPS) is 19.1. The maximum Gasteiger partial charge on any atom is 0.140 e. The third kappa shape index (κ3) is 4.41. The summed E-state index contributed by atoms with van der Waals surface area (Å²) >= 11 is 0. The smallest absolute Gasteiger partial charge is 0.140 e. The van der Waals surface area contributed by atoms with Crippen molar-refractivity contribution in [2.45, 2.75) is 59.0 Å². The van der Waals surface area contributed by atoms with Crippen LogP contribution in [0.4, 0.5) is 5.69 Å². The molecule has 1 heterocycles. The van der Waals surface area contributed by atoms with E-state index in [1.807, 2.05) is 12.4 Å². The number of nitrogens with one attached hydrogen (secondary N) is 1. The Kier molecular flexibility index (Phi) is 4.67.